The smallest absolute Gasteiger partial charge is 0.251 e. The fraction of sp³-hybridized carbons (Fsp3) is 0.211. The summed E-state index contributed by atoms with van der Waals surface area (Å²) >= 11 is 1.78. The minimum atomic E-state index is -0.00931. The molecule has 118 valence electrons. The molecule has 0 spiro atoms. The average Bonchev–Trinajstić information content (AvgIpc) is 2.87. The van der Waals surface area contributed by atoms with Crippen molar-refractivity contribution in [1.82, 2.24) is 10.3 Å². The Labute approximate surface area is 140 Å². The van der Waals surface area contributed by atoms with E-state index in [4.69, 9.17) is 0 Å². The number of para-hydroxylation sites is 1. The van der Waals surface area contributed by atoms with Crippen LogP contribution in [0.3, 0.4) is 0 Å². The first kappa shape index (κ1) is 15.7. The van der Waals surface area contributed by atoms with E-state index in [1.165, 1.54) is 16.0 Å². The third-order valence-corrected chi connectivity index (χ3v) is 4.97. The van der Waals surface area contributed by atoms with Gasteiger partial charge in [0, 0.05) is 39.4 Å². The number of hydrogen-bond acceptors (Lipinski definition) is 2. The molecule has 1 amide bonds. The van der Waals surface area contributed by atoms with Crippen molar-refractivity contribution in [2.24, 2.45) is 0 Å². The molecular weight excluding hydrogens is 304 g/mol. The van der Waals surface area contributed by atoms with Crippen molar-refractivity contribution in [1.29, 1.82) is 0 Å². The van der Waals surface area contributed by atoms with Crippen LogP contribution in [0.1, 0.15) is 21.6 Å². The van der Waals surface area contributed by atoms with E-state index >= 15 is 0 Å². The van der Waals surface area contributed by atoms with Gasteiger partial charge in [0.15, 0.2) is 0 Å². The van der Waals surface area contributed by atoms with Crippen LogP contribution >= 0.6 is 11.8 Å². The van der Waals surface area contributed by atoms with E-state index in [-0.39, 0.29) is 5.91 Å². The van der Waals surface area contributed by atoms with Gasteiger partial charge in [0.2, 0.25) is 0 Å². The van der Waals surface area contributed by atoms with Gasteiger partial charge in [-0.1, -0.05) is 35.9 Å². The third-order valence-electron chi connectivity index (χ3n) is 3.75. The Hall–Kier alpha value is -2.20. The van der Waals surface area contributed by atoms with Gasteiger partial charge in [0.05, 0.1) is 0 Å². The van der Waals surface area contributed by atoms with Crippen LogP contribution in [0, 0.1) is 13.8 Å². The Balaban J connectivity index is 1.57. The number of aromatic amines is 1. The van der Waals surface area contributed by atoms with Gasteiger partial charge in [-0.2, -0.15) is 0 Å². The fourth-order valence-electron chi connectivity index (χ4n) is 2.64. The number of aromatic nitrogens is 1. The Morgan fingerprint density at radius 3 is 2.78 bits per heavy atom. The van der Waals surface area contributed by atoms with Crippen LogP contribution in [0.25, 0.3) is 10.9 Å². The molecule has 0 saturated heterocycles. The number of aryl methyl sites for hydroxylation is 2. The molecule has 4 heteroatoms. The first-order valence-electron chi connectivity index (χ1n) is 7.70. The summed E-state index contributed by atoms with van der Waals surface area (Å²) in [6.07, 6.45) is 0. The van der Waals surface area contributed by atoms with Gasteiger partial charge in [-0.3, -0.25) is 4.79 Å². The molecule has 23 heavy (non-hydrogen) atoms. The maximum absolute atomic E-state index is 12.1. The molecule has 0 unspecified atom stereocenters. The predicted octanol–water partition coefficient (Wildman–Crippen LogP) is 4.31. The minimum absolute atomic E-state index is 0.00931. The molecule has 1 aromatic heterocycles. The molecule has 0 bridgehead atoms. The summed E-state index contributed by atoms with van der Waals surface area (Å²) in [5, 5.41) is 4.24. The minimum Gasteiger partial charge on any atom is -0.358 e. The highest BCUT2D eigenvalue weighted by Gasteiger charge is 2.09. The monoisotopic (exact) mass is 324 g/mol. The maximum atomic E-state index is 12.1. The van der Waals surface area contributed by atoms with E-state index in [1.807, 2.05) is 37.3 Å². The molecule has 0 aliphatic rings. The number of rotatable bonds is 5. The highest BCUT2D eigenvalue weighted by molar-refractivity contribution is 7.99. The van der Waals surface area contributed by atoms with Gasteiger partial charge in [-0.05, 0) is 32.0 Å². The van der Waals surface area contributed by atoms with Crippen LogP contribution in [0.5, 0.6) is 0 Å². The Morgan fingerprint density at radius 1 is 1.13 bits per heavy atom. The summed E-state index contributed by atoms with van der Waals surface area (Å²) in [7, 11) is 0. The van der Waals surface area contributed by atoms with Crippen LogP contribution in [0.15, 0.2) is 53.4 Å². The van der Waals surface area contributed by atoms with E-state index in [0.717, 1.165) is 22.4 Å². The van der Waals surface area contributed by atoms with Crippen molar-refractivity contribution in [3.8, 4) is 0 Å². The average molecular weight is 324 g/mol. The summed E-state index contributed by atoms with van der Waals surface area (Å²) < 4.78 is 0. The van der Waals surface area contributed by atoms with Crippen LogP contribution in [0.4, 0.5) is 0 Å². The summed E-state index contributed by atoms with van der Waals surface area (Å²) in [5.74, 6) is 0.838. The third kappa shape index (κ3) is 3.59. The number of carbonyl (C=O) groups is 1. The quantitative estimate of drug-likeness (QED) is 0.543. The van der Waals surface area contributed by atoms with E-state index in [2.05, 4.69) is 35.4 Å². The first-order valence-corrected chi connectivity index (χ1v) is 8.68. The summed E-state index contributed by atoms with van der Waals surface area (Å²) in [4.78, 5) is 16.8. The van der Waals surface area contributed by atoms with Crippen LogP contribution in [-0.2, 0) is 0 Å². The number of thioether (sulfide) groups is 1. The van der Waals surface area contributed by atoms with E-state index in [0.29, 0.717) is 6.54 Å². The molecule has 0 radical (unpaired) electrons. The number of nitrogens with one attached hydrogen (secondary N) is 2. The summed E-state index contributed by atoms with van der Waals surface area (Å²) in [6, 6.07) is 16.0. The zero-order valence-electron chi connectivity index (χ0n) is 13.3. The molecule has 1 heterocycles. The number of fused-ring (bicyclic) bond motifs is 1. The number of H-pyrrole nitrogens is 1. The van der Waals surface area contributed by atoms with E-state index in [1.54, 1.807) is 11.8 Å². The van der Waals surface area contributed by atoms with Crippen molar-refractivity contribution in [3.63, 3.8) is 0 Å². The molecule has 0 fully saturated rings. The zero-order valence-corrected chi connectivity index (χ0v) is 14.2. The molecule has 0 aliphatic heterocycles. The molecule has 3 nitrogen and oxygen atoms in total. The number of hydrogen-bond donors (Lipinski definition) is 2. The molecule has 0 aliphatic carbocycles. The Morgan fingerprint density at radius 2 is 1.96 bits per heavy atom. The second-order valence-electron chi connectivity index (χ2n) is 5.60. The molecule has 3 rings (SSSR count). The number of carbonyl (C=O) groups excluding carboxylic acids is 1. The van der Waals surface area contributed by atoms with Crippen molar-refractivity contribution < 1.29 is 4.79 Å². The standard InChI is InChI=1S/C19H20N2OS/c1-13-6-5-7-15(12-13)19(22)20-10-11-23-18-14(2)21-17-9-4-3-8-16(17)18/h3-9,12,21H,10-11H2,1-2H3,(H,20,22). The van der Waals surface area contributed by atoms with Crippen LogP contribution in [-0.4, -0.2) is 23.2 Å². The van der Waals surface area contributed by atoms with E-state index < -0.39 is 0 Å². The lowest BCUT2D eigenvalue weighted by atomic mass is 10.1. The van der Waals surface area contributed by atoms with Gasteiger partial charge in [-0.25, -0.2) is 0 Å². The van der Waals surface area contributed by atoms with Crippen LogP contribution < -0.4 is 5.32 Å². The maximum Gasteiger partial charge on any atom is 0.251 e. The molecular formula is C19H20N2OS. The largest absolute Gasteiger partial charge is 0.358 e. The highest BCUT2D eigenvalue weighted by atomic mass is 32.2. The topological polar surface area (TPSA) is 44.9 Å². The lowest BCUT2D eigenvalue weighted by Crippen LogP contribution is -2.25. The number of benzene rings is 2. The van der Waals surface area contributed by atoms with Crippen molar-refractivity contribution in [2.75, 3.05) is 12.3 Å². The Kier molecular flexibility index (Phi) is 4.72. The SMILES string of the molecule is Cc1cccc(C(=O)NCCSc2c(C)[nH]c3ccccc23)c1. The Bertz CT molecular complexity index is 838. The highest BCUT2D eigenvalue weighted by Crippen LogP contribution is 2.30. The normalized spacial score (nSPS) is 10.9. The zero-order chi connectivity index (χ0) is 16.2. The fourth-order valence-corrected chi connectivity index (χ4v) is 3.65. The van der Waals surface area contributed by atoms with Gasteiger partial charge in [0.1, 0.15) is 0 Å². The molecule has 3 aromatic rings. The molecule has 2 aromatic carbocycles. The van der Waals surface area contributed by atoms with Crippen LogP contribution in [0.2, 0.25) is 0 Å². The van der Waals surface area contributed by atoms with Crippen molar-refractivity contribution in [2.45, 2.75) is 18.7 Å². The second-order valence-corrected chi connectivity index (χ2v) is 6.70. The van der Waals surface area contributed by atoms with Crippen molar-refractivity contribution >= 4 is 28.6 Å². The molecule has 2 N–H and O–H groups in total. The number of amides is 1. The van der Waals surface area contributed by atoms with Gasteiger partial charge in [-0.15, -0.1) is 11.8 Å². The van der Waals surface area contributed by atoms with E-state index in [9.17, 15) is 4.79 Å². The lowest BCUT2D eigenvalue weighted by molar-refractivity contribution is 0.0956. The summed E-state index contributed by atoms with van der Waals surface area (Å²) in [5.41, 5.74) is 4.16. The van der Waals surface area contributed by atoms with Gasteiger partial charge in [0.25, 0.3) is 5.91 Å². The molecule has 0 saturated carbocycles. The van der Waals surface area contributed by atoms with Gasteiger partial charge < -0.3 is 10.3 Å². The van der Waals surface area contributed by atoms with Crippen molar-refractivity contribution in [3.05, 3.63) is 65.4 Å². The lowest BCUT2D eigenvalue weighted by Gasteiger charge is -2.06. The van der Waals surface area contributed by atoms with Gasteiger partial charge >= 0.3 is 0 Å². The second kappa shape index (κ2) is 6.92. The molecule has 0 atom stereocenters. The first-order chi connectivity index (χ1) is 11.1. The predicted molar refractivity (Wildman–Crippen MR) is 97.3 cm³/mol. The summed E-state index contributed by atoms with van der Waals surface area (Å²) in [6.45, 7) is 4.73.